The van der Waals surface area contributed by atoms with Crippen LogP contribution in [0.2, 0.25) is 4.34 Å². The van der Waals surface area contributed by atoms with Gasteiger partial charge in [0.15, 0.2) is 6.29 Å². The minimum Gasteiger partial charge on any atom is -0.489 e. The van der Waals surface area contributed by atoms with E-state index in [1.54, 1.807) is 18.5 Å². The molecule has 0 bridgehead atoms. The Morgan fingerprint density at radius 1 is 1.46 bits per heavy atom. The number of carbonyl (C=O) groups is 2. The summed E-state index contributed by atoms with van der Waals surface area (Å²) in [6.45, 7) is 5.76. The number of aldehydes is 1. The van der Waals surface area contributed by atoms with Crippen LogP contribution < -0.4 is 0 Å². The third-order valence-electron chi connectivity index (χ3n) is 4.15. The molecule has 0 saturated heterocycles. The number of rotatable bonds is 7. The first-order valence-corrected chi connectivity index (χ1v) is 9.52. The summed E-state index contributed by atoms with van der Waals surface area (Å²) < 4.78 is 11.4. The SMILES string of the molecule is C=C(C)/C(=C\N=Cc1sc(Cl)cc1C=O)O[C@H]1CCC[C@H](C(=O)OC)C1. The Morgan fingerprint density at radius 3 is 2.88 bits per heavy atom. The minimum atomic E-state index is -0.187. The lowest BCUT2D eigenvalue weighted by Crippen LogP contribution is -2.28. The second-order valence-corrected chi connectivity index (χ2v) is 7.88. The molecule has 1 aliphatic carbocycles. The average molecular weight is 396 g/mol. The summed E-state index contributed by atoms with van der Waals surface area (Å²) in [5.41, 5.74) is 1.24. The summed E-state index contributed by atoms with van der Waals surface area (Å²) in [5.74, 6) is 0.247. The van der Waals surface area contributed by atoms with Crippen LogP contribution in [0.15, 0.2) is 35.2 Å². The molecule has 26 heavy (non-hydrogen) atoms. The van der Waals surface area contributed by atoms with Gasteiger partial charge in [0.05, 0.1) is 34.5 Å². The lowest BCUT2D eigenvalue weighted by atomic mass is 9.87. The highest BCUT2D eigenvalue weighted by Crippen LogP contribution is 2.30. The summed E-state index contributed by atoms with van der Waals surface area (Å²) in [7, 11) is 1.41. The number of methoxy groups -OCH3 is 1. The van der Waals surface area contributed by atoms with Crippen molar-refractivity contribution in [1.29, 1.82) is 0 Å². The predicted molar refractivity (Wildman–Crippen MR) is 104 cm³/mol. The Labute approximate surface area is 162 Å². The lowest BCUT2D eigenvalue weighted by molar-refractivity contribution is -0.148. The molecule has 0 amide bonds. The molecule has 2 rings (SSSR count). The number of thiophene rings is 1. The van der Waals surface area contributed by atoms with Gasteiger partial charge in [-0.25, -0.2) is 0 Å². The summed E-state index contributed by atoms with van der Waals surface area (Å²) >= 11 is 7.20. The van der Waals surface area contributed by atoms with Crippen LogP contribution in [0.5, 0.6) is 0 Å². The number of aliphatic imine (C=N–C) groups is 1. The number of carbonyl (C=O) groups excluding carboxylic acids is 2. The van der Waals surface area contributed by atoms with Crippen molar-refractivity contribution in [2.45, 2.75) is 38.7 Å². The minimum absolute atomic E-state index is 0.0762. The Hall–Kier alpha value is -1.92. The average Bonchev–Trinajstić information content (AvgIpc) is 3.00. The maximum Gasteiger partial charge on any atom is 0.308 e. The van der Waals surface area contributed by atoms with Crippen LogP contribution in [0.3, 0.4) is 0 Å². The number of esters is 1. The second-order valence-electron chi connectivity index (χ2n) is 6.17. The third-order valence-corrected chi connectivity index (χ3v) is 5.36. The zero-order valence-electron chi connectivity index (χ0n) is 14.9. The van der Waals surface area contributed by atoms with E-state index in [2.05, 4.69) is 11.6 Å². The molecule has 7 heteroatoms. The normalized spacial score (nSPS) is 20.8. The van der Waals surface area contributed by atoms with E-state index in [0.717, 1.165) is 31.1 Å². The molecule has 0 radical (unpaired) electrons. The highest BCUT2D eigenvalue weighted by Gasteiger charge is 2.29. The van der Waals surface area contributed by atoms with Crippen molar-refractivity contribution in [2.75, 3.05) is 7.11 Å². The second kappa shape index (κ2) is 9.69. The van der Waals surface area contributed by atoms with Crippen molar-refractivity contribution in [3.8, 4) is 0 Å². The molecule has 0 aliphatic heterocycles. The molecular formula is C19H22ClNO4S. The molecule has 1 fully saturated rings. The molecule has 0 aromatic carbocycles. The van der Waals surface area contributed by atoms with Crippen molar-refractivity contribution in [2.24, 2.45) is 10.9 Å². The van der Waals surface area contributed by atoms with E-state index in [-0.39, 0.29) is 18.0 Å². The number of ether oxygens (including phenoxy) is 2. The Balaban J connectivity index is 2.07. The topological polar surface area (TPSA) is 65.0 Å². The van der Waals surface area contributed by atoms with Crippen molar-refractivity contribution >= 4 is 41.4 Å². The Morgan fingerprint density at radius 2 is 2.23 bits per heavy atom. The maximum absolute atomic E-state index is 11.8. The van der Waals surface area contributed by atoms with Gasteiger partial charge in [-0.2, -0.15) is 0 Å². The quantitative estimate of drug-likeness (QED) is 0.219. The first-order valence-electron chi connectivity index (χ1n) is 8.32. The molecule has 1 saturated carbocycles. The van der Waals surface area contributed by atoms with Gasteiger partial charge >= 0.3 is 5.97 Å². The smallest absolute Gasteiger partial charge is 0.308 e. The van der Waals surface area contributed by atoms with Crippen molar-refractivity contribution in [3.63, 3.8) is 0 Å². The number of hydrogen-bond acceptors (Lipinski definition) is 6. The van der Waals surface area contributed by atoms with Crippen LogP contribution in [0.25, 0.3) is 0 Å². The molecule has 1 aromatic heterocycles. The van der Waals surface area contributed by atoms with E-state index < -0.39 is 0 Å². The van der Waals surface area contributed by atoms with Gasteiger partial charge in [0.2, 0.25) is 0 Å². The van der Waals surface area contributed by atoms with Gasteiger partial charge in [-0.05, 0) is 44.2 Å². The van der Waals surface area contributed by atoms with Crippen LogP contribution in [0.1, 0.15) is 47.8 Å². The molecule has 0 spiro atoms. The lowest BCUT2D eigenvalue weighted by Gasteiger charge is -2.28. The monoisotopic (exact) mass is 395 g/mol. The van der Waals surface area contributed by atoms with Crippen LogP contribution in [0, 0.1) is 5.92 Å². The first-order chi connectivity index (χ1) is 12.4. The highest BCUT2D eigenvalue weighted by molar-refractivity contribution is 7.18. The number of allylic oxidation sites excluding steroid dienone is 1. The Kier molecular flexibility index (Phi) is 7.60. The molecule has 1 heterocycles. The van der Waals surface area contributed by atoms with Gasteiger partial charge in [0, 0.05) is 11.8 Å². The molecule has 1 aromatic rings. The highest BCUT2D eigenvalue weighted by atomic mass is 35.5. The van der Waals surface area contributed by atoms with Crippen LogP contribution >= 0.6 is 22.9 Å². The fourth-order valence-corrected chi connectivity index (χ4v) is 3.91. The van der Waals surface area contributed by atoms with Gasteiger partial charge in [0.1, 0.15) is 5.76 Å². The van der Waals surface area contributed by atoms with Crippen LogP contribution in [0.4, 0.5) is 0 Å². The van der Waals surface area contributed by atoms with E-state index in [4.69, 9.17) is 21.1 Å². The molecule has 140 valence electrons. The first kappa shape index (κ1) is 20.4. The van der Waals surface area contributed by atoms with Crippen molar-refractivity contribution in [3.05, 3.63) is 45.0 Å². The third kappa shape index (κ3) is 5.54. The van der Waals surface area contributed by atoms with Gasteiger partial charge in [-0.1, -0.05) is 18.2 Å². The van der Waals surface area contributed by atoms with Crippen LogP contribution in [-0.2, 0) is 14.3 Å². The van der Waals surface area contributed by atoms with Gasteiger partial charge in [-0.3, -0.25) is 14.6 Å². The zero-order chi connectivity index (χ0) is 19.1. The molecule has 2 atom stereocenters. The number of hydrogen-bond donors (Lipinski definition) is 0. The number of halogens is 1. The maximum atomic E-state index is 11.8. The van der Waals surface area contributed by atoms with Gasteiger partial charge in [0.25, 0.3) is 0 Å². The standard InChI is InChI=1S/C19H22ClNO4S/c1-12(2)16(9-21-10-17-14(11-22)8-18(20)26-17)25-15-6-4-5-13(7-15)19(23)24-3/h8-11,13,15H,1,4-7H2,2-3H3/b16-9+,21-10?/t13-,15-/m0/s1. The number of nitrogens with zero attached hydrogens (tertiary/aromatic N) is 1. The van der Waals surface area contributed by atoms with Crippen LogP contribution in [-0.4, -0.2) is 31.7 Å². The van der Waals surface area contributed by atoms with E-state index in [1.807, 2.05) is 6.92 Å². The summed E-state index contributed by atoms with van der Waals surface area (Å²) in [6, 6.07) is 1.61. The van der Waals surface area contributed by atoms with E-state index in [0.29, 0.717) is 27.0 Å². The molecule has 5 nitrogen and oxygen atoms in total. The van der Waals surface area contributed by atoms with Crippen molar-refractivity contribution in [1.82, 2.24) is 0 Å². The van der Waals surface area contributed by atoms with Crippen molar-refractivity contribution < 1.29 is 19.1 Å². The molecule has 0 unspecified atom stereocenters. The summed E-state index contributed by atoms with van der Waals surface area (Å²) in [6.07, 6.45) is 7.05. The summed E-state index contributed by atoms with van der Waals surface area (Å²) in [5, 5.41) is 0. The fourth-order valence-electron chi connectivity index (χ4n) is 2.81. The fraction of sp³-hybridized carbons (Fsp3) is 0.421. The van der Waals surface area contributed by atoms with E-state index in [1.165, 1.54) is 18.4 Å². The predicted octanol–water partition coefficient (Wildman–Crippen LogP) is 4.80. The molecular weight excluding hydrogens is 374 g/mol. The zero-order valence-corrected chi connectivity index (χ0v) is 16.4. The van der Waals surface area contributed by atoms with Gasteiger partial charge < -0.3 is 9.47 Å². The van der Waals surface area contributed by atoms with Gasteiger partial charge in [-0.15, -0.1) is 11.3 Å². The molecule has 0 N–H and O–H groups in total. The van der Waals surface area contributed by atoms with E-state index >= 15 is 0 Å². The largest absolute Gasteiger partial charge is 0.489 e. The molecule has 1 aliphatic rings. The summed E-state index contributed by atoms with van der Waals surface area (Å²) in [4.78, 5) is 27.7. The Bertz CT molecular complexity index is 738. The van der Waals surface area contributed by atoms with E-state index in [9.17, 15) is 9.59 Å².